The largest absolute Gasteiger partial charge is 0.507 e. The van der Waals surface area contributed by atoms with Crippen LogP contribution in [0.3, 0.4) is 0 Å². The number of fused-ring (bicyclic) bond motifs is 4. The molecule has 0 unspecified atom stereocenters. The van der Waals surface area contributed by atoms with Crippen molar-refractivity contribution in [2.24, 2.45) is 10.8 Å². The average Bonchev–Trinajstić information content (AvgIpc) is 3.27. The van der Waals surface area contributed by atoms with Gasteiger partial charge >= 0.3 is 0 Å². The van der Waals surface area contributed by atoms with Crippen LogP contribution in [0.15, 0.2) is 45.6 Å². The molecular weight excluding hydrogens is 446 g/mol. The third-order valence-electron chi connectivity index (χ3n) is 7.56. The summed E-state index contributed by atoms with van der Waals surface area (Å²) in [6.45, 7) is 8.56. The Hall–Kier alpha value is -2.90. The number of para-hydroxylation sites is 1. The molecule has 1 saturated carbocycles. The number of thiazole rings is 1. The van der Waals surface area contributed by atoms with Gasteiger partial charge in [-0.2, -0.15) is 0 Å². The summed E-state index contributed by atoms with van der Waals surface area (Å²) in [4.78, 5) is 20.6. The van der Waals surface area contributed by atoms with E-state index in [9.17, 15) is 9.90 Å². The molecule has 0 radical (unpaired) electrons. The number of nitrogens with zero attached hydrogens (tertiary/aromatic N) is 2. The lowest BCUT2D eigenvalue weighted by Gasteiger charge is -2.40. The van der Waals surface area contributed by atoms with Gasteiger partial charge in [0.05, 0.1) is 21.2 Å². The molecule has 6 nitrogen and oxygen atoms in total. The molecule has 2 aromatic heterocycles. The topological polar surface area (TPSA) is 92.6 Å². The molecule has 7 heteroatoms. The van der Waals surface area contributed by atoms with Gasteiger partial charge in [-0.25, -0.2) is 4.98 Å². The van der Waals surface area contributed by atoms with Gasteiger partial charge in [0.15, 0.2) is 0 Å². The second-order valence-corrected chi connectivity index (χ2v) is 12.2. The van der Waals surface area contributed by atoms with E-state index in [1.807, 2.05) is 24.3 Å². The Labute approximate surface area is 202 Å². The van der Waals surface area contributed by atoms with E-state index in [2.05, 4.69) is 30.7 Å². The Morgan fingerprint density at radius 3 is 2.79 bits per heavy atom. The summed E-state index contributed by atoms with van der Waals surface area (Å²) in [7, 11) is 0. The Kier molecular flexibility index (Phi) is 4.64. The van der Waals surface area contributed by atoms with Crippen molar-refractivity contribution >= 4 is 38.4 Å². The van der Waals surface area contributed by atoms with E-state index in [1.54, 1.807) is 12.1 Å². The monoisotopic (exact) mass is 475 g/mol. The molecule has 34 heavy (non-hydrogen) atoms. The molecule has 3 N–H and O–H groups in total. The number of nitrogens with two attached hydrogens (primary N) is 1. The van der Waals surface area contributed by atoms with Crippen LogP contribution in [0.5, 0.6) is 5.75 Å². The number of rotatable bonds is 3. The van der Waals surface area contributed by atoms with Gasteiger partial charge in [0.1, 0.15) is 21.9 Å². The van der Waals surface area contributed by atoms with Crippen molar-refractivity contribution < 1.29 is 9.52 Å². The van der Waals surface area contributed by atoms with E-state index >= 15 is 0 Å². The zero-order valence-electron chi connectivity index (χ0n) is 19.7. The summed E-state index contributed by atoms with van der Waals surface area (Å²) in [5.41, 5.74) is 8.79. The first kappa shape index (κ1) is 21.6. The minimum atomic E-state index is -0.215. The van der Waals surface area contributed by atoms with E-state index in [0.717, 1.165) is 29.6 Å². The second kappa shape index (κ2) is 7.30. The van der Waals surface area contributed by atoms with E-state index in [1.165, 1.54) is 17.8 Å². The fourth-order valence-corrected chi connectivity index (χ4v) is 7.63. The van der Waals surface area contributed by atoms with Crippen LogP contribution >= 0.6 is 11.3 Å². The molecule has 1 aliphatic carbocycles. The number of aromatic hydroxyl groups is 1. The quantitative estimate of drug-likeness (QED) is 0.391. The summed E-state index contributed by atoms with van der Waals surface area (Å²) in [6.07, 6.45) is 3.49. The average molecular weight is 476 g/mol. The van der Waals surface area contributed by atoms with Crippen LogP contribution in [0.25, 0.3) is 31.8 Å². The summed E-state index contributed by atoms with van der Waals surface area (Å²) < 4.78 is 7.07. The number of phenolic OH excluding ortho intramolecular Hbond substituents is 1. The lowest BCUT2D eigenvalue weighted by Crippen LogP contribution is -2.34. The van der Waals surface area contributed by atoms with Crippen LogP contribution in [0, 0.1) is 10.8 Å². The molecule has 0 amide bonds. The number of likely N-dealkylation sites (tertiary alicyclic amines) is 1. The second-order valence-electron chi connectivity index (χ2n) is 11.2. The van der Waals surface area contributed by atoms with E-state index < -0.39 is 0 Å². The molecule has 2 fully saturated rings. The molecule has 3 heterocycles. The fraction of sp³-hybridized carbons (Fsp3) is 0.407. The summed E-state index contributed by atoms with van der Waals surface area (Å²) >= 11 is 1.42. The zero-order valence-corrected chi connectivity index (χ0v) is 20.5. The fourth-order valence-electron chi connectivity index (χ4n) is 6.62. The Morgan fingerprint density at radius 2 is 2.00 bits per heavy atom. The lowest BCUT2D eigenvalue weighted by molar-refractivity contribution is 0.126. The number of benzene rings is 2. The maximum atomic E-state index is 13.6. The molecule has 0 spiro atoms. The Balaban J connectivity index is 1.44. The van der Waals surface area contributed by atoms with Crippen LogP contribution in [0.4, 0.5) is 5.88 Å². The van der Waals surface area contributed by atoms with Crippen LogP contribution in [-0.4, -0.2) is 27.6 Å². The van der Waals surface area contributed by atoms with Gasteiger partial charge in [-0.15, -0.1) is 11.3 Å². The van der Waals surface area contributed by atoms with E-state index in [-0.39, 0.29) is 28.0 Å². The molecule has 4 aromatic rings. The Morgan fingerprint density at radius 1 is 1.21 bits per heavy atom. The standard InChI is InChI=1S/C27H29N3O3S/c1-26(2)10-15-11-27(3,13-26)14-30(15)12-17-19(31)9-8-16-22(32)21(24(28)33-23(16)17)25-29-18-6-4-5-7-20(18)34-25/h4-9,15,31H,10-14,28H2,1-3H3/t15-,27+/m0/s1. The van der Waals surface area contributed by atoms with Gasteiger partial charge in [0.2, 0.25) is 11.3 Å². The smallest absolute Gasteiger partial charge is 0.205 e. The number of nitrogen functional groups attached to an aromatic ring is 1. The zero-order chi connectivity index (χ0) is 23.8. The van der Waals surface area contributed by atoms with Gasteiger partial charge in [-0.1, -0.05) is 32.9 Å². The molecule has 2 aliphatic rings. The number of hydrogen-bond acceptors (Lipinski definition) is 7. The molecule has 1 saturated heterocycles. The van der Waals surface area contributed by atoms with Crippen molar-refractivity contribution in [2.75, 3.05) is 12.3 Å². The van der Waals surface area contributed by atoms with Gasteiger partial charge in [0.25, 0.3) is 0 Å². The lowest BCUT2D eigenvalue weighted by atomic mass is 9.65. The maximum absolute atomic E-state index is 13.6. The maximum Gasteiger partial charge on any atom is 0.205 e. The number of aromatic nitrogens is 1. The summed E-state index contributed by atoms with van der Waals surface area (Å²) in [5.74, 6) is 0.172. The van der Waals surface area contributed by atoms with E-state index in [4.69, 9.17) is 10.2 Å². The van der Waals surface area contributed by atoms with Crippen LogP contribution in [-0.2, 0) is 6.54 Å². The predicted molar refractivity (Wildman–Crippen MR) is 137 cm³/mol. The SMILES string of the molecule is CC1(C)C[C@H]2C[C@@](C)(CN2Cc2c(O)ccc3c(=O)c(-c4nc5ccccc5s4)c(N)oc23)C1. The van der Waals surface area contributed by atoms with Crippen molar-refractivity contribution in [3.63, 3.8) is 0 Å². The van der Waals surface area contributed by atoms with Gasteiger partial charge in [0, 0.05) is 19.1 Å². The van der Waals surface area contributed by atoms with E-state index in [0.29, 0.717) is 39.5 Å². The van der Waals surface area contributed by atoms with Gasteiger partial charge < -0.3 is 15.3 Å². The highest BCUT2D eigenvalue weighted by Gasteiger charge is 2.49. The number of phenols is 1. The molecule has 6 rings (SSSR count). The molecule has 1 aliphatic heterocycles. The highest BCUT2D eigenvalue weighted by molar-refractivity contribution is 7.21. The molecular formula is C27H29N3O3S. The van der Waals surface area contributed by atoms with Crippen molar-refractivity contribution in [3.8, 4) is 16.3 Å². The van der Waals surface area contributed by atoms with Crippen LogP contribution in [0.2, 0.25) is 0 Å². The third-order valence-corrected chi connectivity index (χ3v) is 8.61. The van der Waals surface area contributed by atoms with Gasteiger partial charge in [-0.3, -0.25) is 9.69 Å². The summed E-state index contributed by atoms with van der Waals surface area (Å²) in [5, 5.41) is 11.8. The third kappa shape index (κ3) is 3.41. The minimum absolute atomic E-state index is 0.0386. The molecule has 2 atom stereocenters. The normalized spacial score (nSPS) is 24.3. The molecule has 2 aromatic carbocycles. The first-order chi connectivity index (χ1) is 16.1. The summed E-state index contributed by atoms with van der Waals surface area (Å²) in [6, 6.07) is 11.4. The molecule has 176 valence electrons. The van der Waals surface area contributed by atoms with Crippen molar-refractivity contribution in [1.82, 2.24) is 9.88 Å². The highest BCUT2D eigenvalue weighted by atomic mass is 32.1. The van der Waals surface area contributed by atoms with Crippen molar-refractivity contribution in [1.29, 1.82) is 0 Å². The minimum Gasteiger partial charge on any atom is -0.507 e. The van der Waals surface area contributed by atoms with Crippen LogP contribution in [0.1, 0.15) is 45.6 Å². The Bertz CT molecular complexity index is 1470. The molecule has 2 bridgehead atoms. The van der Waals surface area contributed by atoms with Crippen LogP contribution < -0.4 is 11.2 Å². The first-order valence-electron chi connectivity index (χ1n) is 11.8. The van der Waals surface area contributed by atoms with Crippen molar-refractivity contribution in [2.45, 2.75) is 52.6 Å². The number of hydrogen-bond donors (Lipinski definition) is 2. The highest BCUT2D eigenvalue weighted by Crippen LogP contribution is 2.53. The van der Waals surface area contributed by atoms with Gasteiger partial charge in [-0.05, 0) is 54.4 Å². The first-order valence-corrected chi connectivity index (χ1v) is 12.6. The predicted octanol–water partition coefficient (Wildman–Crippen LogP) is 5.76. The number of anilines is 1. The van der Waals surface area contributed by atoms with Crippen molar-refractivity contribution in [3.05, 3.63) is 52.2 Å².